The Morgan fingerprint density at radius 1 is 1.25 bits per heavy atom. The third-order valence-corrected chi connectivity index (χ3v) is 2.48. The van der Waals surface area contributed by atoms with E-state index in [0.717, 1.165) is 0 Å². The van der Waals surface area contributed by atoms with Gasteiger partial charge in [-0.05, 0) is 23.3 Å². The van der Waals surface area contributed by atoms with Crippen LogP contribution >= 0.6 is 11.6 Å². The molecule has 0 aliphatic carbocycles. The van der Waals surface area contributed by atoms with Crippen molar-refractivity contribution in [1.29, 1.82) is 0 Å². The maximum absolute atomic E-state index is 12.3. The van der Waals surface area contributed by atoms with E-state index in [1.165, 1.54) is 6.20 Å². The second kappa shape index (κ2) is 8.55. The minimum absolute atomic E-state index is 0. The van der Waals surface area contributed by atoms with E-state index in [1.54, 1.807) is 30.3 Å². The van der Waals surface area contributed by atoms with Crippen LogP contribution in [-0.4, -0.2) is 11.6 Å². The van der Waals surface area contributed by atoms with Crippen LogP contribution in [0.4, 0.5) is 8.78 Å². The van der Waals surface area contributed by atoms with E-state index in [1.807, 2.05) is 0 Å². The predicted molar refractivity (Wildman–Crippen MR) is 65.8 cm³/mol. The number of rotatable bonds is 3. The number of aromatic nitrogens is 1. The molecule has 0 radical (unpaired) electrons. The van der Waals surface area contributed by atoms with Gasteiger partial charge in [-0.3, -0.25) is 4.98 Å². The van der Waals surface area contributed by atoms with E-state index in [9.17, 15) is 8.78 Å². The molecule has 1 aromatic heterocycles. The second-order valence-corrected chi connectivity index (χ2v) is 4.02. The molecule has 0 saturated carbocycles. The van der Waals surface area contributed by atoms with Gasteiger partial charge in [-0.15, -0.1) is 6.07 Å². The Morgan fingerprint density at radius 2 is 1.95 bits per heavy atom. The summed E-state index contributed by atoms with van der Waals surface area (Å²) in [6, 6.07) is 8.42. The van der Waals surface area contributed by atoms with Crippen molar-refractivity contribution in [2.24, 2.45) is 0 Å². The molecule has 0 atom stereocenters. The molecular weight excluding hydrogens is 405 g/mol. The first-order valence-corrected chi connectivity index (χ1v) is 5.47. The minimum Gasteiger partial charge on any atom is -1.00 e. The third kappa shape index (κ3) is 5.00. The first-order valence-electron chi connectivity index (χ1n) is 5.09. The number of benzene rings is 1. The van der Waals surface area contributed by atoms with Gasteiger partial charge in [-0.2, -0.15) is 21.3 Å². The Labute approximate surface area is 144 Å². The summed E-state index contributed by atoms with van der Waals surface area (Å²) in [6.07, 6.45) is 1.37. The SMILES string of the molecule is [Br-].[CH2-]c1cnc(OC(F)F)c(-c2cccc(Cl)c2)c1.[Zn+2]. The fourth-order valence-electron chi connectivity index (χ4n) is 1.54. The summed E-state index contributed by atoms with van der Waals surface area (Å²) < 4.78 is 29.0. The Bertz CT molecular complexity index is 572. The number of nitrogens with zero attached hydrogens (tertiary/aromatic N) is 1. The van der Waals surface area contributed by atoms with Crippen LogP contribution in [0.2, 0.25) is 5.02 Å². The van der Waals surface area contributed by atoms with Crippen molar-refractivity contribution in [1.82, 2.24) is 4.98 Å². The van der Waals surface area contributed by atoms with Crippen molar-refractivity contribution in [2.75, 3.05) is 0 Å². The minimum atomic E-state index is -2.92. The van der Waals surface area contributed by atoms with Gasteiger partial charge in [0.05, 0.1) is 0 Å². The largest absolute Gasteiger partial charge is 2.00 e. The van der Waals surface area contributed by atoms with Gasteiger partial charge in [0.1, 0.15) is 0 Å². The van der Waals surface area contributed by atoms with Crippen LogP contribution in [0.25, 0.3) is 11.1 Å². The van der Waals surface area contributed by atoms with Crippen LogP contribution in [0.1, 0.15) is 5.56 Å². The first kappa shape index (κ1) is 19.3. The number of hydrogen-bond acceptors (Lipinski definition) is 2. The summed E-state index contributed by atoms with van der Waals surface area (Å²) in [5, 5.41) is 0.505. The van der Waals surface area contributed by atoms with E-state index in [0.29, 0.717) is 21.7 Å². The molecule has 7 heteroatoms. The summed E-state index contributed by atoms with van der Waals surface area (Å²) in [5.41, 5.74) is 1.69. The summed E-state index contributed by atoms with van der Waals surface area (Å²) in [6.45, 7) is 0.786. The van der Waals surface area contributed by atoms with Crippen LogP contribution in [0.3, 0.4) is 0 Å². The van der Waals surface area contributed by atoms with Crippen LogP contribution in [0.5, 0.6) is 5.88 Å². The molecule has 20 heavy (non-hydrogen) atoms. The van der Waals surface area contributed by atoms with Crippen molar-refractivity contribution >= 4 is 11.6 Å². The zero-order valence-corrected chi connectivity index (χ0v) is 15.6. The predicted octanol–water partition coefficient (Wildman–Crippen LogP) is 1.19. The number of ether oxygens (including phenoxy) is 1. The van der Waals surface area contributed by atoms with Crippen molar-refractivity contribution < 1.29 is 50.0 Å². The van der Waals surface area contributed by atoms with Crippen LogP contribution in [0, 0.1) is 6.92 Å². The summed E-state index contributed by atoms with van der Waals surface area (Å²) in [4.78, 5) is 3.82. The third-order valence-electron chi connectivity index (χ3n) is 2.24. The van der Waals surface area contributed by atoms with Crippen molar-refractivity contribution in [3.05, 3.63) is 54.0 Å². The molecular formula is C13H9BrClF2NOZn. The molecule has 1 aromatic carbocycles. The van der Waals surface area contributed by atoms with Crippen LogP contribution in [-0.2, 0) is 19.5 Å². The van der Waals surface area contributed by atoms with Gasteiger partial charge in [0.25, 0.3) is 0 Å². The summed E-state index contributed by atoms with van der Waals surface area (Å²) in [7, 11) is 0. The molecule has 0 saturated heterocycles. The van der Waals surface area contributed by atoms with E-state index in [4.69, 9.17) is 11.6 Å². The van der Waals surface area contributed by atoms with E-state index in [-0.39, 0.29) is 42.3 Å². The number of hydrogen-bond donors (Lipinski definition) is 0. The molecule has 0 spiro atoms. The second-order valence-electron chi connectivity index (χ2n) is 3.59. The van der Waals surface area contributed by atoms with Gasteiger partial charge >= 0.3 is 26.1 Å². The fraction of sp³-hybridized carbons (Fsp3) is 0.0769. The molecule has 102 valence electrons. The topological polar surface area (TPSA) is 22.1 Å². The molecule has 0 unspecified atom stereocenters. The Hall–Kier alpha value is -0.707. The zero-order valence-electron chi connectivity index (χ0n) is 10.3. The van der Waals surface area contributed by atoms with Gasteiger partial charge in [-0.1, -0.05) is 29.9 Å². The Morgan fingerprint density at radius 3 is 2.55 bits per heavy atom. The fourth-order valence-corrected chi connectivity index (χ4v) is 1.73. The number of alkyl halides is 2. The monoisotopic (exact) mass is 411 g/mol. The summed E-state index contributed by atoms with van der Waals surface area (Å²) in [5.74, 6) is -0.139. The summed E-state index contributed by atoms with van der Waals surface area (Å²) >= 11 is 5.87. The molecule has 0 fully saturated rings. The van der Waals surface area contributed by atoms with E-state index in [2.05, 4.69) is 16.6 Å². The van der Waals surface area contributed by atoms with Crippen LogP contribution in [0.15, 0.2) is 36.5 Å². The maximum atomic E-state index is 12.3. The smallest absolute Gasteiger partial charge is 1.00 e. The van der Waals surface area contributed by atoms with Crippen LogP contribution < -0.4 is 21.7 Å². The zero-order chi connectivity index (χ0) is 13.1. The molecule has 1 heterocycles. The molecule has 0 aliphatic rings. The molecule has 0 bridgehead atoms. The molecule has 2 nitrogen and oxygen atoms in total. The first-order chi connectivity index (χ1) is 8.56. The molecule has 0 aliphatic heterocycles. The number of pyridine rings is 1. The maximum Gasteiger partial charge on any atom is 2.00 e. The van der Waals surface area contributed by atoms with E-state index >= 15 is 0 Å². The van der Waals surface area contributed by atoms with Gasteiger partial charge in [0.15, 0.2) is 0 Å². The average Bonchev–Trinajstić information content (AvgIpc) is 2.31. The van der Waals surface area contributed by atoms with Gasteiger partial charge in [-0.25, -0.2) is 0 Å². The van der Waals surface area contributed by atoms with Gasteiger partial charge < -0.3 is 21.7 Å². The molecule has 0 N–H and O–H groups in total. The normalized spacial score (nSPS) is 9.60. The molecule has 2 aromatic rings. The van der Waals surface area contributed by atoms with Gasteiger partial charge in [0, 0.05) is 5.02 Å². The molecule has 2 rings (SSSR count). The molecule has 0 amide bonds. The van der Waals surface area contributed by atoms with Crippen molar-refractivity contribution in [3.8, 4) is 17.0 Å². The van der Waals surface area contributed by atoms with Crippen molar-refractivity contribution in [2.45, 2.75) is 6.61 Å². The average molecular weight is 414 g/mol. The van der Waals surface area contributed by atoms with E-state index < -0.39 is 6.61 Å². The standard InChI is InChI=1S/C13H9ClF2NO.BrH.Zn/c1-8-5-11(9-3-2-4-10(14)6-9)12(17-7-8)18-13(15)16;;/h2-7,13H,1H2;1H;/q-1;;+2/p-1. The van der Waals surface area contributed by atoms with Gasteiger partial charge in [0.2, 0.25) is 5.88 Å². The quantitative estimate of drug-likeness (QED) is 0.557. The Balaban J connectivity index is 0.00000180. The van der Waals surface area contributed by atoms with Crippen molar-refractivity contribution in [3.63, 3.8) is 0 Å². The number of halogens is 4. The Kier molecular flexibility index (Phi) is 8.25.